The van der Waals surface area contributed by atoms with E-state index in [-0.39, 0.29) is 23.4 Å². The number of halogens is 1. The molecule has 158 valence electrons. The van der Waals surface area contributed by atoms with Gasteiger partial charge in [-0.1, -0.05) is 13.0 Å². The van der Waals surface area contributed by atoms with Gasteiger partial charge in [0.05, 0.1) is 6.54 Å². The zero-order valence-corrected chi connectivity index (χ0v) is 17.2. The Morgan fingerprint density at radius 1 is 1.24 bits per heavy atom. The summed E-state index contributed by atoms with van der Waals surface area (Å²) in [5.41, 5.74) is 0. The molecule has 0 radical (unpaired) electrons. The Morgan fingerprint density at radius 3 is 2.72 bits per heavy atom. The maximum atomic E-state index is 13.3. The maximum absolute atomic E-state index is 13.3. The van der Waals surface area contributed by atoms with Gasteiger partial charge >= 0.3 is 0 Å². The number of nitrogens with one attached hydrogen (secondary N) is 3. The molecule has 3 N–H and O–H groups in total. The fraction of sp³-hybridized carbons (Fsp3) is 0.368. The number of guanidine groups is 1. The Morgan fingerprint density at radius 2 is 2.07 bits per heavy atom. The smallest absolute Gasteiger partial charge is 0.242 e. The Balaban J connectivity index is 1.75. The number of ether oxygens (including phenoxy) is 1. The lowest BCUT2D eigenvalue weighted by atomic mass is 10.2. The summed E-state index contributed by atoms with van der Waals surface area (Å²) in [4.78, 5) is 8.02. The molecule has 0 saturated carbocycles. The molecule has 8 nitrogen and oxygen atoms in total. The number of hydrogen-bond acceptors (Lipinski definition) is 5. The van der Waals surface area contributed by atoms with Crippen molar-refractivity contribution in [3.05, 3.63) is 54.6 Å². The van der Waals surface area contributed by atoms with Gasteiger partial charge in [-0.25, -0.2) is 17.5 Å². The number of aliphatic imine (C=N–C) groups is 1. The largest absolute Gasteiger partial charge is 0.489 e. The first-order chi connectivity index (χ1) is 13.9. The van der Waals surface area contributed by atoms with Gasteiger partial charge in [-0.3, -0.25) is 9.98 Å². The van der Waals surface area contributed by atoms with E-state index in [0.717, 1.165) is 0 Å². The molecular weight excluding hydrogens is 397 g/mol. The van der Waals surface area contributed by atoms with E-state index in [0.29, 0.717) is 31.2 Å². The molecule has 0 aliphatic carbocycles. The van der Waals surface area contributed by atoms with Crippen LogP contribution in [0.15, 0.2) is 58.7 Å². The predicted molar refractivity (Wildman–Crippen MR) is 110 cm³/mol. The SMILES string of the molecule is CCC(CNC(=NC)NCCNS(=O)(=O)c1cccnc1)Oc1cccc(F)c1. The van der Waals surface area contributed by atoms with Crippen LogP contribution in [0.25, 0.3) is 0 Å². The predicted octanol–water partition coefficient (Wildman–Crippen LogP) is 1.52. The maximum Gasteiger partial charge on any atom is 0.242 e. The molecular formula is C19H26FN5O3S. The minimum absolute atomic E-state index is 0.114. The van der Waals surface area contributed by atoms with Gasteiger partial charge in [0.2, 0.25) is 10.0 Å². The minimum Gasteiger partial charge on any atom is -0.489 e. The molecule has 29 heavy (non-hydrogen) atoms. The highest BCUT2D eigenvalue weighted by Gasteiger charge is 2.13. The van der Waals surface area contributed by atoms with Crippen molar-refractivity contribution in [2.45, 2.75) is 24.3 Å². The number of benzene rings is 1. The average molecular weight is 424 g/mol. The summed E-state index contributed by atoms with van der Waals surface area (Å²) < 4.78 is 45.8. The van der Waals surface area contributed by atoms with E-state index in [4.69, 9.17) is 4.74 Å². The van der Waals surface area contributed by atoms with Gasteiger partial charge in [0.25, 0.3) is 0 Å². The van der Waals surface area contributed by atoms with Crippen molar-refractivity contribution in [3.8, 4) is 5.75 Å². The molecule has 0 aliphatic rings. The fourth-order valence-corrected chi connectivity index (χ4v) is 3.38. The number of aromatic nitrogens is 1. The van der Waals surface area contributed by atoms with Gasteiger partial charge in [-0.05, 0) is 30.7 Å². The van der Waals surface area contributed by atoms with Gasteiger partial charge in [-0.15, -0.1) is 0 Å². The second-order valence-electron chi connectivity index (χ2n) is 6.07. The van der Waals surface area contributed by atoms with E-state index >= 15 is 0 Å². The van der Waals surface area contributed by atoms with Gasteiger partial charge < -0.3 is 15.4 Å². The van der Waals surface area contributed by atoms with Crippen molar-refractivity contribution in [1.29, 1.82) is 0 Å². The molecule has 0 spiro atoms. The number of pyridine rings is 1. The van der Waals surface area contributed by atoms with Crippen LogP contribution in [0.3, 0.4) is 0 Å². The number of hydrogen-bond donors (Lipinski definition) is 3. The Bertz CT molecular complexity index is 894. The highest BCUT2D eigenvalue weighted by molar-refractivity contribution is 7.89. The second kappa shape index (κ2) is 11.3. The molecule has 0 amide bonds. The number of sulfonamides is 1. The molecule has 0 aliphatic heterocycles. The Kier molecular flexibility index (Phi) is 8.81. The summed E-state index contributed by atoms with van der Waals surface area (Å²) in [6.45, 7) is 2.93. The standard InChI is InChI=1S/C19H26FN5O3S/c1-3-16(28-17-7-4-6-15(20)12-17)13-24-19(21-2)23-10-11-25-29(26,27)18-8-5-9-22-14-18/h4-9,12,14,16,25H,3,10-11,13H2,1-2H3,(H2,21,23,24). The number of nitrogens with zero attached hydrogens (tertiary/aromatic N) is 2. The summed E-state index contributed by atoms with van der Waals surface area (Å²) in [5.74, 6) is 0.620. The first-order valence-electron chi connectivity index (χ1n) is 9.21. The van der Waals surface area contributed by atoms with E-state index in [1.54, 1.807) is 25.2 Å². The first kappa shape index (κ1) is 22.6. The van der Waals surface area contributed by atoms with Crippen molar-refractivity contribution >= 4 is 16.0 Å². The summed E-state index contributed by atoms with van der Waals surface area (Å²) >= 11 is 0. The van der Waals surface area contributed by atoms with Crippen molar-refractivity contribution in [3.63, 3.8) is 0 Å². The zero-order chi connectivity index (χ0) is 21.1. The van der Waals surface area contributed by atoms with Crippen LogP contribution in [0.5, 0.6) is 5.75 Å². The first-order valence-corrected chi connectivity index (χ1v) is 10.7. The van der Waals surface area contributed by atoms with Crippen LogP contribution in [0.1, 0.15) is 13.3 Å². The van der Waals surface area contributed by atoms with Crippen molar-refractivity contribution in [1.82, 2.24) is 20.3 Å². The zero-order valence-electron chi connectivity index (χ0n) is 16.4. The molecule has 2 aromatic rings. The lowest BCUT2D eigenvalue weighted by Gasteiger charge is -2.20. The molecule has 1 aromatic heterocycles. The highest BCUT2D eigenvalue weighted by Crippen LogP contribution is 2.14. The quantitative estimate of drug-likeness (QED) is 0.304. The van der Waals surface area contributed by atoms with Crippen LogP contribution < -0.4 is 20.1 Å². The molecule has 0 saturated heterocycles. The van der Waals surface area contributed by atoms with Gasteiger partial charge in [-0.2, -0.15) is 0 Å². The normalized spacial score (nSPS) is 13.0. The van der Waals surface area contributed by atoms with Crippen molar-refractivity contribution < 1.29 is 17.5 Å². The van der Waals surface area contributed by atoms with Crippen LogP contribution in [0.2, 0.25) is 0 Å². The third-order valence-electron chi connectivity index (χ3n) is 3.93. The van der Waals surface area contributed by atoms with E-state index in [2.05, 4.69) is 25.3 Å². The Labute approximate surface area is 170 Å². The summed E-state index contributed by atoms with van der Waals surface area (Å²) in [7, 11) is -1.98. The monoisotopic (exact) mass is 423 g/mol. The molecule has 0 bridgehead atoms. The molecule has 10 heteroatoms. The summed E-state index contributed by atoms with van der Waals surface area (Å²) in [6.07, 6.45) is 3.34. The molecule has 1 atom stereocenters. The second-order valence-corrected chi connectivity index (χ2v) is 7.84. The molecule has 2 rings (SSSR count). The fourth-order valence-electron chi connectivity index (χ4n) is 2.39. The van der Waals surface area contributed by atoms with Crippen molar-refractivity contribution in [2.24, 2.45) is 4.99 Å². The Hall–Kier alpha value is -2.72. The minimum atomic E-state index is -3.60. The topological polar surface area (TPSA) is 105 Å². The van der Waals surface area contributed by atoms with E-state index in [9.17, 15) is 12.8 Å². The molecule has 1 aromatic carbocycles. The summed E-state index contributed by atoms with van der Waals surface area (Å²) in [5, 5.41) is 6.14. The van der Waals surface area contributed by atoms with E-state index in [1.807, 2.05) is 6.92 Å². The van der Waals surface area contributed by atoms with Gasteiger partial charge in [0.15, 0.2) is 5.96 Å². The lowest BCUT2D eigenvalue weighted by molar-refractivity contribution is 0.199. The highest BCUT2D eigenvalue weighted by atomic mass is 32.2. The molecule has 1 heterocycles. The van der Waals surface area contributed by atoms with Crippen LogP contribution in [0, 0.1) is 5.82 Å². The molecule has 0 fully saturated rings. The average Bonchev–Trinajstić information content (AvgIpc) is 2.73. The van der Waals surface area contributed by atoms with Crippen LogP contribution >= 0.6 is 0 Å². The summed E-state index contributed by atoms with van der Waals surface area (Å²) in [6, 6.07) is 9.04. The van der Waals surface area contributed by atoms with Crippen LogP contribution in [-0.2, 0) is 10.0 Å². The van der Waals surface area contributed by atoms with Crippen LogP contribution in [-0.4, -0.2) is 52.1 Å². The lowest BCUT2D eigenvalue weighted by Crippen LogP contribution is -2.44. The number of rotatable bonds is 10. The van der Waals surface area contributed by atoms with Gasteiger partial charge in [0, 0.05) is 38.6 Å². The van der Waals surface area contributed by atoms with E-state index < -0.39 is 10.0 Å². The van der Waals surface area contributed by atoms with Crippen LogP contribution in [0.4, 0.5) is 4.39 Å². The molecule has 1 unspecified atom stereocenters. The van der Waals surface area contributed by atoms with Crippen molar-refractivity contribution in [2.75, 3.05) is 26.7 Å². The van der Waals surface area contributed by atoms with E-state index in [1.165, 1.54) is 30.6 Å². The third-order valence-corrected chi connectivity index (χ3v) is 5.38. The third kappa shape index (κ3) is 7.66. The van der Waals surface area contributed by atoms with Gasteiger partial charge in [0.1, 0.15) is 22.6 Å².